The zero-order valence-corrected chi connectivity index (χ0v) is 11.0. The van der Waals surface area contributed by atoms with Gasteiger partial charge in [-0.15, -0.1) is 11.3 Å². The number of anilines is 1. The van der Waals surface area contributed by atoms with Crippen LogP contribution in [-0.2, 0) is 0 Å². The average molecular weight is 266 g/mol. The molecule has 0 spiro atoms. The van der Waals surface area contributed by atoms with Crippen LogP contribution in [0.15, 0.2) is 30.6 Å². The van der Waals surface area contributed by atoms with Crippen LogP contribution in [0.1, 0.15) is 5.56 Å². The first kappa shape index (κ1) is 10.6. The van der Waals surface area contributed by atoms with Crippen molar-refractivity contribution in [3.63, 3.8) is 0 Å². The first-order chi connectivity index (χ1) is 9.25. The zero-order valence-electron chi connectivity index (χ0n) is 10.2. The van der Waals surface area contributed by atoms with Crippen molar-refractivity contribution in [3.05, 3.63) is 36.2 Å². The van der Waals surface area contributed by atoms with Crippen molar-refractivity contribution < 1.29 is 0 Å². The van der Waals surface area contributed by atoms with Crippen molar-refractivity contribution in [2.24, 2.45) is 0 Å². The number of benzene rings is 1. The van der Waals surface area contributed by atoms with Crippen LogP contribution in [0.25, 0.3) is 31.3 Å². The Hall–Kier alpha value is -2.27. The number of para-hydroxylation sites is 1. The van der Waals surface area contributed by atoms with Gasteiger partial charge in [0.2, 0.25) is 0 Å². The van der Waals surface area contributed by atoms with E-state index in [-0.39, 0.29) is 0 Å². The predicted molar refractivity (Wildman–Crippen MR) is 79.4 cm³/mol. The number of pyridine rings is 1. The average Bonchev–Trinajstić information content (AvgIpc) is 2.79. The van der Waals surface area contributed by atoms with E-state index in [0.717, 1.165) is 31.3 Å². The highest BCUT2D eigenvalue weighted by Crippen LogP contribution is 2.37. The van der Waals surface area contributed by atoms with Gasteiger partial charge in [0.05, 0.1) is 15.7 Å². The first-order valence-electron chi connectivity index (χ1n) is 5.94. The van der Waals surface area contributed by atoms with E-state index in [1.807, 2.05) is 18.2 Å². The molecule has 3 heterocycles. The van der Waals surface area contributed by atoms with Gasteiger partial charge in [0.25, 0.3) is 0 Å². The van der Waals surface area contributed by atoms with Crippen LogP contribution in [0.5, 0.6) is 0 Å². The number of hydrogen-bond donors (Lipinski definition) is 1. The minimum atomic E-state index is 0.524. The molecule has 92 valence electrons. The van der Waals surface area contributed by atoms with Crippen molar-refractivity contribution in [1.82, 2.24) is 15.0 Å². The largest absolute Gasteiger partial charge is 0.382 e. The van der Waals surface area contributed by atoms with E-state index in [0.29, 0.717) is 5.82 Å². The summed E-state index contributed by atoms with van der Waals surface area (Å²) in [5.41, 5.74) is 9.04. The molecule has 5 heteroatoms. The lowest BCUT2D eigenvalue weighted by Crippen LogP contribution is -1.90. The monoisotopic (exact) mass is 266 g/mol. The molecular formula is C14H10N4S. The molecule has 2 N–H and O–H groups in total. The molecule has 0 fully saturated rings. The molecule has 3 aromatic heterocycles. The maximum absolute atomic E-state index is 5.93. The fourth-order valence-corrected chi connectivity index (χ4v) is 3.56. The standard InChI is InChI=1S/C14H10N4S/c1-7-8-4-2-3-5-9(8)18-14-10(7)11-12(19-14)13(15)17-6-16-11/h2-6H,1H3,(H2,15,16,17). The van der Waals surface area contributed by atoms with E-state index >= 15 is 0 Å². The second-order valence-corrected chi connectivity index (χ2v) is 5.47. The highest BCUT2D eigenvalue weighted by Gasteiger charge is 2.14. The fourth-order valence-electron chi connectivity index (χ4n) is 2.46. The highest BCUT2D eigenvalue weighted by molar-refractivity contribution is 7.26. The lowest BCUT2D eigenvalue weighted by molar-refractivity contribution is 1.24. The van der Waals surface area contributed by atoms with Gasteiger partial charge >= 0.3 is 0 Å². The minimum Gasteiger partial charge on any atom is -0.382 e. The summed E-state index contributed by atoms with van der Waals surface area (Å²) in [6, 6.07) is 8.15. The Kier molecular flexibility index (Phi) is 2.02. The SMILES string of the molecule is Cc1c2ccccc2nc2sc3c(N)ncnc3c12. The van der Waals surface area contributed by atoms with Gasteiger partial charge in [-0.2, -0.15) is 0 Å². The molecule has 0 unspecified atom stereocenters. The van der Waals surface area contributed by atoms with E-state index in [9.17, 15) is 0 Å². The Bertz CT molecular complexity index is 942. The van der Waals surface area contributed by atoms with Crippen LogP contribution in [0.4, 0.5) is 5.82 Å². The van der Waals surface area contributed by atoms with Gasteiger partial charge in [-0.05, 0) is 18.6 Å². The van der Waals surface area contributed by atoms with Gasteiger partial charge in [0, 0.05) is 10.8 Å². The molecule has 4 nitrogen and oxygen atoms in total. The summed E-state index contributed by atoms with van der Waals surface area (Å²) in [7, 11) is 0. The van der Waals surface area contributed by atoms with Crippen LogP contribution in [0.3, 0.4) is 0 Å². The second-order valence-electron chi connectivity index (χ2n) is 4.47. The van der Waals surface area contributed by atoms with Crippen LogP contribution in [0, 0.1) is 6.92 Å². The zero-order chi connectivity index (χ0) is 13.0. The summed E-state index contributed by atoms with van der Waals surface area (Å²) in [6.07, 6.45) is 1.51. The smallest absolute Gasteiger partial charge is 0.144 e. The molecule has 0 amide bonds. The van der Waals surface area contributed by atoms with Gasteiger partial charge in [0.15, 0.2) is 0 Å². The molecule has 4 aromatic rings. The third kappa shape index (κ3) is 1.36. The third-order valence-corrected chi connectivity index (χ3v) is 4.48. The number of rotatable bonds is 0. The topological polar surface area (TPSA) is 64.7 Å². The van der Waals surface area contributed by atoms with Crippen LogP contribution in [0.2, 0.25) is 0 Å². The number of fused-ring (bicyclic) bond motifs is 4. The summed E-state index contributed by atoms with van der Waals surface area (Å²) in [6.45, 7) is 2.11. The maximum Gasteiger partial charge on any atom is 0.144 e. The summed E-state index contributed by atoms with van der Waals surface area (Å²) in [5.74, 6) is 0.524. The number of nitrogens with two attached hydrogens (primary N) is 1. The Balaban J connectivity index is 2.34. The van der Waals surface area contributed by atoms with Gasteiger partial charge in [-0.25, -0.2) is 15.0 Å². The normalized spacial score (nSPS) is 11.6. The fraction of sp³-hybridized carbons (Fsp3) is 0.0714. The Morgan fingerprint density at radius 3 is 2.89 bits per heavy atom. The molecule has 0 aliphatic carbocycles. The van der Waals surface area contributed by atoms with Crippen molar-refractivity contribution >= 4 is 48.5 Å². The Labute approximate surface area is 112 Å². The van der Waals surface area contributed by atoms with E-state index in [4.69, 9.17) is 10.7 Å². The van der Waals surface area contributed by atoms with Gasteiger partial charge in [-0.3, -0.25) is 0 Å². The van der Waals surface area contributed by atoms with Gasteiger partial charge < -0.3 is 5.73 Å². The molecule has 0 bridgehead atoms. The van der Waals surface area contributed by atoms with Crippen LogP contribution >= 0.6 is 11.3 Å². The lowest BCUT2D eigenvalue weighted by atomic mass is 10.1. The van der Waals surface area contributed by atoms with E-state index < -0.39 is 0 Å². The predicted octanol–water partition coefficient (Wildman–Crippen LogP) is 3.28. The molecule has 1 aromatic carbocycles. The number of aryl methyl sites for hydroxylation is 1. The molecule has 0 saturated heterocycles. The molecule has 0 saturated carbocycles. The summed E-state index contributed by atoms with van der Waals surface area (Å²) < 4.78 is 0.920. The minimum absolute atomic E-state index is 0.524. The van der Waals surface area contributed by atoms with E-state index in [2.05, 4.69) is 23.0 Å². The maximum atomic E-state index is 5.93. The summed E-state index contributed by atoms with van der Waals surface area (Å²) >= 11 is 1.56. The highest BCUT2D eigenvalue weighted by atomic mass is 32.1. The number of nitrogen functional groups attached to an aromatic ring is 1. The Morgan fingerprint density at radius 1 is 1.16 bits per heavy atom. The number of thiophene rings is 1. The van der Waals surface area contributed by atoms with Crippen LogP contribution in [-0.4, -0.2) is 15.0 Å². The van der Waals surface area contributed by atoms with E-state index in [1.54, 1.807) is 11.3 Å². The van der Waals surface area contributed by atoms with E-state index in [1.165, 1.54) is 11.9 Å². The first-order valence-corrected chi connectivity index (χ1v) is 6.75. The van der Waals surface area contributed by atoms with Gasteiger partial charge in [-0.1, -0.05) is 18.2 Å². The Morgan fingerprint density at radius 2 is 2.00 bits per heavy atom. The van der Waals surface area contributed by atoms with Crippen molar-refractivity contribution in [1.29, 1.82) is 0 Å². The molecule has 0 radical (unpaired) electrons. The number of aromatic nitrogens is 3. The second kappa shape index (κ2) is 3.61. The molecule has 0 atom stereocenters. The summed E-state index contributed by atoms with van der Waals surface area (Å²) in [5, 5.41) is 2.25. The molecule has 0 aliphatic rings. The lowest BCUT2D eigenvalue weighted by Gasteiger charge is -2.02. The molecule has 4 rings (SSSR count). The third-order valence-electron chi connectivity index (χ3n) is 3.39. The molecular weight excluding hydrogens is 256 g/mol. The van der Waals surface area contributed by atoms with Gasteiger partial charge in [0.1, 0.15) is 17.0 Å². The quantitative estimate of drug-likeness (QED) is 0.530. The van der Waals surface area contributed by atoms with Crippen molar-refractivity contribution in [2.75, 3.05) is 5.73 Å². The number of nitrogens with zero attached hydrogens (tertiary/aromatic N) is 3. The van der Waals surface area contributed by atoms with Crippen molar-refractivity contribution in [3.8, 4) is 0 Å². The number of hydrogen-bond acceptors (Lipinski definition) is 5. The molecule has 19 heavy (non-hydrogen) atoms. The van der Waals surface area contributed by atoms with Crippen LogP contribution < -0.4 is 5.73 Å². The molecule has 0 aliphatic heterocycles. The van der Waals surface area contributed by atoms with Crippen molar-refractivity contribution in [2.45, 2.75) is 6.92 Å². The summed E-state index contributed by atoms with van der Waals surface area (Å²) in [4.78, 5) is 14.1.